The van der Waals surface area contributed by atoms with Crippen molar-refractivity contribution in [2.75, 3.05) is 12.8 Å². The van der Waals surface area contributed by atoms with Crippen molar-refractivity contribution in [3.8, 4) is 11.8 Å². The fourth-order valence-corrected chi connectivity index (χ4v) is 2.62. The van der Waals surface area contributed by atoms with Crippen molar-refractivity contribution in [3.05, 3.63) is 44.6 Å². The van der Waals surface area contributed by atoms with E-state index in [1.165, 1.54) is 22.9 Å². The van der Waals surface area contributed by atoms with E-state index in [0.29, 0.717) is 4.47 Å². The highest BCUT2D eigenvalue weighted by Gasteiger charge is 2.26. The van der Waals surface area contributed by atoms with Crippen molar-refractivity contribution in [2.45, 2.75) is 0 Å². The number of anilines is 1. The number of hydrogen-bond acceptors (Lipinski definition) is 5. The number of esters is 1. The highest BCUT2D eigenvalue weighted by Crippen LogP contribution is 2.33. The molecule has 9 heteroatoms. The van der Waals surface area contributed by atoms with Crippen LogP contribution in [0.2, 0.25) is 5.02 Å². The molecule has 1 heterocycles. The van der Waals surface area contributed by atoms with Crippen LogP contribution in [0.25, 0.3) is 5.69 Å². The summed E-state index contributed by atoms with van der Waals surface area (Å²) in [7, 11) is 1.15. The van der Waals surface area contributed by atoms with Gasteiger partial charge < -0.3 is 20.1 Å². The van der Waals surface area contributed by atoms with Crippen LogP contribution in [0, 0.1) is 11.3 Å². The van der Waals surface area contributed by atoms with Gasteiger partial charge in [0, 0.05) is 10.7 Å². The standard InChI is InChI=1S/C14H9BrClN3O4/c1-23-14(22)12-11(18)6(4-17)5-19(12)8-3-2-7(15)10(16)9(8)13(20)21/h2-3,5H,18H2,1H3,(H,20,21). The molecule has 0 spiro atoms. The third-order valence-electron chi connectivity index (χ3n) is 3.09. The Balaban J connectivity index is 2.88. The average molecular weight is 399 g/mol. The highest BCUT2D eigenvalue weighted by molar-refractivity contribution is 9.10. The molecule has 0 aliphatic carbocycles. The van der Waals surface area contributed by atoms with Crippen LogP contribution in [-0.2, 0) is 4.74 Å². The van der Waals surface area contributed by atoms with Gasteiger partial charge in [0.15, 0.2) is 5.69 Å². The molecule has 0 unspecified atom stereocenters. The first kappa shape index (κ1) is 16.9. The van der Waals surface area contributed by atoms with Gasteiger partial charge in [-0.05, 0) is 28.1 Å². The fourth-order valence-electron chi connectivity index (χ4n) is 2.05. The molecule has 118 valence electrons. The Hall–Kier alpha value is -2.50. The summed E-state index contributed by atoms with van der Waals surface area (Å²) in [5.41, 5.74) is 5.39. The first-order valence-corrected chi connectivity index (χ1v) is 7.21. The van der Waals surface area contributed by atoms with Crippen molar-refractivity contribution >= 4 is 45.2 Å². The van der Waals surface area contributed by atoms with Crippen LogP contribution in [0.4, 0.5) is 5.69 Å². The van der Waals surface area contributed by atoms with Crippen LogP contribution in [0.5, 0.6) is 0 Å². The van der Waals surface area contributed by atoms with Gasteiger partial charge in [-0.1, -0.05) is 11.6 Å². The summed E-state index contributed by atoms with van der Waals surface area (Å²) in [5, 5.41) is 18.5. The third kappa shape index (κ3) is 2.76. The van der Waals surface area contributed by atoms with Gasteiger partial charge in [-0.25, -0.2) is 9.59 Å². The Labute approximate surface area is 144 Å². The molecule has 0 amide bonds. The third-order valence-corrected chi connectivity index (χ3v) is 4.37. The van der Waals surface area contributed by atoms with Crippen LogP contribution < -0.4 is 5.73 Å². The number of benzene rings is 1. The second kappa shape index (κ2) is 6.32. The summed E-state index contributed by atoms with van der Waals surface area (Å²) >= 11 is 9.18. The van der Waals surface area contributed by atoms with Gasteiger partial charge in [0.25, 0.3) is 0 Å². The number of carboxylic acids is 1. The fraction of sp³-hybridized carbons (Fsp3) is 0.0714. The number of nitriles is 1. The predicted molar refractivity (Wildman–Crippen MR) is 85.9 cm³/mol. The smallest absolute Gasteiger partial charge is 0.357 e. The lowest BCUT2D eigenvalue weighted by Gasteiger charge is -2.13. The van der Waals surface area contributed by atoms with E-state index in [4.69, 9.17) is 22.6 Å². The maximum atomic E-state index is 12.0. The Morgan fingerprint density at radius 1 is 1.48 bits per heavy atom. The zero-order valence-electron chi connectivity index (χ0n) is 11.6. The molecule has 0 saturated heterocycles. The topological polar surface area (TPSA) is 118 Å². The van der Waals surface area contributed by atoms with E-state index in [9.17, 15) is 14.7 Å². The molecule has 0 fully saturated rings. The van der Waals surface area contributed by atoms with Gasteiger partial charge in [-0.15, -0.1) is 0 Å². The number of methoxy groups -OCH3 is 1. The minimum atomic E-state index is -1.30. The number of hydrogen-bond donors (Lipinski definition) is 2. The summed E-state index contributed by atoms with van der Waals surface area (Å²) in [6.45, 7) is 0. The van der Waals surface area contributed by atoms with Crippen LogP contribution in [0.1, 0.15) is 26.4 Å². The predicted octanol–water partition coefficient (Wildman–Crippen LogP) is 2.83. The zero-order chi connectivity index (χ0) is 17.3. The molecule has 3 N–H and O–H groups in total. The lowest BCUT2D eigenvalue weighted by atomic mass is 10.1. The van der Waals surface area contributed by atoms with Crippen molar-refractivity contribution in [2.24, 2.45) is 0 Å². The van der Waals surface area contributed by atoms with Gasteiger partial charge >= 0.3 is 11.9 Å². The van der Waals surface area contributed by atoms with E-state index in [1.54, 1.807) is 0 Å². The Morgan fingerprint density at radius 3 is 2.65 bits per heavy atom. The summed E-state index contributed by atoms with van der Waals surface area (Å²) < 4.78 is 6.21. The molecule has 1 aromatic carbocycles. The van der Waals surface area contributed by atoms with E-state index < -0.39 is 11.9 Å². The van der Waals surface area contributed by atoms with Gasteiger partial charge in [0.05, 0.1) is 29.1 Å². The Morgan fingerprint density at radius 2 is 2.13 bits per heavy atom. The molecule has 0 aliphatic heterocycles. The molecule has 7 nitrogen and oxygen atoms in total. The highest BCUT2D eigenvalue weighted by atomic mass is 79.9. The number of carboxylic acid groups (broad SMARTS) is 1. The second-order valence-corrected chi connectivity index (χ2v) is 5.57. The molecule has 0 saturated carbocycles. The number of carbonyl (C=O) groups excluding carboxylic acids is 1. The quantitative estimate of drug-likeness (QED) is 0.767. The van der Waals surface area contributed by atoms with Gasteiger partial charge in [-0.3, -0.25) is 0 Å². The molecule has 2 aromatic rings. The minimum Gasteiger partial charge on any atom is -0.478 e. The van der Waals surface area contributed by atoms with E-state index in [2.05, 4.69) is 20.7 Å². The first-order valence-electron chi connectivity index (χ1n) is 6.04. The molecular weight excluding hydrogens is 390 g/mol. The molecular formula is C14H9BrClN3O4. The number of carbonyl (C=O) groups is 2. The van der Waals surface area contributed by atoms with E-state index in [0.717, 1.165) is 7.11 Å². The van der Waals surface area contributed by atoms with Gasteiger partial charge in [-0.2, -0.15) is 5.26 Å². The Kier molecular flexibility index (Phi) is 4.63. The molecule has 0 bridgehead atoms. The SMILES string of the molecule is COC(=O)c1c(N)c(C#N)cn1-c1ccc(Br)c(Cl)c1C(=O)O. The number of aromatic nitrogens is 1. The lowest BCUT2D eigenvalue weighted by Crippen LogP contribution is -2.14. The number of ether oxygens (including phenoxy) is 1. The van der Waals surface area contributed by atoms with Crippen molar-refractivity contribution < 1.29 is 19.4 Å². The summed E-state index contributed by atoms with van der Waals surface area (Å²) in [6.07, 6.45) is 1.26. The number of nitrogens with zero attached hydrogens (tertiary/aromatic N) is 2. The van der Waals surface area contributed by atoms with Crippen molar-refractivity contribution in [3.63, 3.8) is 0 Å². The van der Waals surface area contributed by atoms with Crippen molar-refractivity contribution in [1.29, 1.82) is 5.26 Å². The van der Waals surface area contributed by atoms with Crippen molar-refractivity contribution in [1.82, 2.24) is 4.57 Å². The largest absolute Gasteiger partial charge is 0.478 e. The van der Waals surface area contributed by atoms with E-state index >= 15 is 0 Å². The van der Waals surface area contributed by atoms with E-state index in [-0.39, 0.29) is 33.2 Å². The monoisotopic (exact) mass is 397 g/mol. The average Bonchev–Trinajstić information content (AvgIpc) is 2.85. The van der Waals surface area contributed by atoms with Crippen LogP contribution in [0.3, 0.4) is 0 Å². The molecule has 0 atom stereocenters. The lowest BCUT2D eigenvalue weighted by molar-refractivity contribution is 0.0591. The molecule has 0 aliphatic rings. The summed E-state index contributed by atoms with van der Waals surface area (Å²) in [4.78, 5) is 23.5. The van der Waals surface area contributed by atoms with Crippen LogP contribution >= 0.6 is 27.5 Å². The van der Waals surface area contributed by atoms with Crippen LogP contribution in [0.15, 0.2) is 22.8 Å². The minimum absolute atomic E-state index is 0.0146. The second-order valence-electron chi connectivity index (χ2n) is 4.34. The molecule has 23 heavy (non-hydrogen) atoms. The first-order chi connectivity index (χ1) is 10.8. The van der Waals surface area contributed by atoms with Crippen LogP contribution in [-0.4, -0.2) is 28.7 Å². The number of halogens is 2. The normalized spacial score (nSPS) is 10.2. The van der Waals surface area contributed by atoms with Gasteiger partial charge in [0.1, 0.15) is 11.6 Å². The number of nitrogen functional groups attached to an aromatic ring is 1. The van der Waals surface area contributed by atoms with Gasteiger partial charge in [0.2, 0.25) is 0 Å². The Bertz CT molecular complexity index is 870. The molecule has 2 rings (SSSR count). The summed E-state index contributed by atoms with van der Waals surface area (Å²) in [5.74, 6) is -2.10. The number of nitrogens with two attached hydrogens (primary N) is 1. The maximum Gasteiger partial charge on any atom is 0.357 e. The maximum absolute atomic E-state index is 12.0. The number of aromatic carboxylic acids is 1. The molecule has 0 radical (unpaired) electrons. The van der Waals surface area contributed by atoms with E-state index in [1.807, 2.05) is 6.07 Å². The molecule has 1 aromatic heterocycles. The summed E-state index contributed by atoms with van der Waals surface area (Å²) in [6, 6.07) is 4.79. The zero-order valence-corrected chi connectivity index (χ0v) is 14.0. The number of rotatable bonds is 3.